The molecule has 7 heteroatoms. The molecular weight excluding hydrogens is 290 g/mol. The van der Waals surface area contributed by atoms with Crippen LogP contribution in [0.25, 0.3) is 16.9 Å². The minimum Gasteiger partial charge on any atom is -0.382 e. The Hall–Kier alpha value is -3.40. The third-order valence-corrected chi connectivity index (χ3v) is 3.51. The van der Waals surface area contributed by atoms with Crippen LogP contribution in [0.15, 0.2) is 30.6 Å². The largest absolute Gasteiger partial charge is 0.382 e. The number of anilines is 2. The highest BCUT2D eigenvalue weighted by atomic mass is 15.3. The lowest BCUT2D eigenvalue weighted by atomic mass is 9.97. The van der Waals surface area contributed by atoms with Gasteiger partial charge in [-0.2, -0.15) is 15.3 Å². The van der Waals surface area contributed by atoms with E-state index in [1.165, 1.54) is 0 Å². The summed E-state index contributed by atoms with van der Waals surface area (Å²) in [6.07, 6.45) is 3.52. The molecule has 0 radical (unpaired) electrons. The van der Waals surface area contributed by atoms with E-state index < -0.39 is 0 Å². The van der Waals surface area contributed by atoms with Gasteiger partial charge in [-0.3, -0.25) is 0 Å². The summed E-state index contributed by atoms with van der Waals surface area (Å²) in [4.78, 5) is 8.13. The lowest BCUT2D eigenvalue weighted by Crippen LogP contribution is -2.08. The molecular formula is C16H15N7. The molecule has 0 aliphatic carbocycles. The van der Waals surface area contributed by atoms with Gasteiger partial charge >= 0.3 is 0 Å². The van der Waals surface area contributed by atoms with Gasteiger partial charge in [-0.1, -0.05) is 6.07 Å². The van der Waals surface area contributed by atoms with Crippen molar-refractivity contribution < 1.29 is 0 Å². The predicted octanol–water partition coefficient (Wildman–Crippen LogP) is 1.98. The van der Waals surface area contributed by atoms with Crippen LogP contribution in [0.3, 0.4) is 0 Å². The summed E-state index contributed by atoms with van der Waals surface area (Å²) < 4.78 is 1.73. The Kier molecular flexibility index (Phi) is 3.43. The molecule has 0 aliphatic heterocycles. The number of benzene rings is 1. The van der Waals surface area contributed by atoms with Gasteiger partial charge in [0.1, 0.15) is 17.5 Å². The van der Waals surface area contributed by atoms with Gasteiger partial charge in [0.25, 0.3) is 0 Å². The molecule has 114 valence electrons. The summed E-state index contributed by atoms with van der Waals surface area (Å²) in [6, 6.07) is 7.89. The number of nitrogens with zero attached hydrogens (tertiary/aromatic N) is 5. The lowest BCUT2D eigenvalue weighted by Gasteiger charge is -2.15. The fourth-order valence-electron chi connectivity index (χ4n) is 2.63. The monoisotopic (exact) mass is 305 g/mol. The predicted molar refractivity (Wildman–Crippen MR) is 87.6 cm³/mol. The van der Waals surface area contributed by atoms with Crippen LogP contribution in [0.4, 0.5) is 11.8 Å². The van der Waals surface area contributed by atoms with Crippen LogP contribution < -0.4 is 11.5 Å². The molecule has 4 N–H and O–H groups in total. The summed E-state index contributed by atoms with van der Waals surface area (Å²) in [7, 11) is 0. The van der Waals surface area contributed by atoms with Crippen LogP contribution in [0.1, 0.15) is 16.7 Å². The minimum atomic E-state index is 0.0305. The molecule has 0 aliphatic rings. The highest BCUT2D eigenvalue weighted by Gasteiger charge is 2.19. The van der Waals surface area contributed by atoms with E-state index >= 15 is 0 Å². The number of nitrogen functional groups attached to an aromatic ring is 2. The van der Waals surface area contributed by atoms with E-state index in [2.05, 4.69) is 21.1 Å². The molecule has 0 saturated carbocycles. The molecule has 7 nitrogen and oxygen atoms in total. The quantitative estimate of drug-likeness (QED) is 0.747. The van der Waals surface area contributed by atoms with Gasteiger partial charge in [-0.15, -0.1) is 0 Å². The van der Waals surface area contributed by atoms with Gasteiger partial charge in [-0.25, -0.2) is 9.67 Å². The first-order valence-corrected chi connectivity index (χ1v) is 6.96. The zero-order valence-corrected chi connectivity index (χ0v) is 12.8. The minimum absolute atomic E-state index is 0.0305. The average Bonchev–Trinajstić information content (AvgIpc) is 2.99. The SMILES string of the molecule is Cc1cc(C)c(-c2nc(N)nc(N)c2C#N)c(-n2cccn2)c1. The summed E-state index contributed by atoms with van der Waals surface area (Å²) in [6.45, 7) is 3.95. The standard InChI is InChI=1S/C16H15N7/c1-9-6-10(2)13(12(7-9)23-5-3-4-20-23)14-11(8-17)15(18)22-16(19)21-14/h3-7H,1-2H3,(H4,18,19,21,22). The van der Waals surface area contributed by atoms with E-state index in [9.17, 15) is 5.26 Å². The number of nitriles is 1. The number of nitrogens with two attached hydrogens (primary N) is 2. The van der Waals surface area contributed by atoms with Gasteiger partial charge in [0.05, 0.1) is 11.4 Å². The van der Waals surface area contributed by atoms with Gasteiger partial charge in [0.15, 0.2) is 0 Å². The highest BCUT2D eigenvalue weighted by Crippen LogP contribution is 2.33. The maximum absolute atomic E-state index is 9.45. The van der Waals surface area contributed by atoms with Crippen LogP contribution in [0, 0.1) is 25.2 Å². The van der Waals surface area contributed by atoms with Crippen LogP contribution in [-0.2, 0) is 0 Å². The molecule has 23 heavy (non-hydrogen) atoms. The fraction of sp³-hybridized carbons (Fsp3) is 0.125. The molecule has 0 saturated heterocycles. The molecule has 3 aromatic rings. The molecule has 0 fully saturated rings. The van der Waals surface area contributed by atoms with Crippen molar-refractivity contribution in [1.82, 2.24) is 19.7 Å². The third-order valence-electron chi connectivity index (χ3n) is 3.51. The molecule has 0 unspecified atom stereocenters. The number of hydrogen-bond donors (Lipinski definition) is 2. The van der Waals surface area contributed by atoms with Crippen molar-refractivity contribution in [2.75, 3.05) is 11.5 Å². The second-order valence-electron chi connectivity index (χ2n) is 5.23. The van der Waals surface area contributed by atoms with Gasteiger partial charge in [0, 0.05) is 18.0 Å². The summed E-state index contributed by atoms with van der Waals surface area (Å²) in [5, 5.41) is 13.7. The molecule has 3 rings (SSSR count). The van der Waals surface area contributed by atoms with Crippen molar-refractivity contribution in [3.05, 3.63) is 47.3 Å². The Morgan fingerprint density at radius 3 is 2.61 bits per heavy atom. The fourth-order valence-corrected chi connectivity index (χ4v) is 2.63. The van der Waals surface area contributed by atoms with Crippen molar-refractivity contribution in [1.29, 1.82) is 5.26 Å². The van der Waals surface area contributed by atoms with Crippen LogP contribution >= 0.6 is 0 Å². The maximum atomic E-state index is 9.45. The zero-order valence-electron chi connectivity index (χ0n) is 12.8. The van der Waals surface area contributed by atoms with E-state index in [4.69, 9.17) is 11.5 Å². The molecule has 0 amide bonds. The van der Waals surface area contributed by atoms with E-state index in [1.54, 1.807) is 10.9 Å². The first kappa shape index (κ1) is 14.5. The number of aryl methyl sites for hydroxylation is 2. The van der Waals surface area contributed by atoms with Crippen molar-refractivity contribution in [3.8, 4) is 23.0 Å². The first-order valence-electron chi connectivity index (χ1n) is 6.96. The van der Waals surface area contributed by atoms with Crippen LogP contribution in [0.5, 0.6) is 0 Å². The Morgan fingerprint density at radius 1 is 1.17 bits per heavy atom. The average molecular weight is 305 g/mol. The zero-order chi connectivity index (χ0) is 16.6. The first-order chi connectivity index (χ1) is 11.0. The second kappa shape index (κ2) is 5.42. The Balaban J connectivity index is 2.41. The van der Waals surface area contributed by atoms with E-state index in [0.29, 0.717) is 5.69 Å². The van der Waals surface area contributed by atoms with E-state index in [-0.39, 0.29) is 17.3 Å². The number of aromatic nitrogens is 4. The molecule has 0 atom stereocenters. The molecule has 0 spiro atoms. The summed E-state index contributed by atoms with van der Waals surface area (Å²) >= 11 is 0. The molecule has 2 heterocycles. The second-order valence-corrected chi connectivity index (χ2v) is 5.23. The topological polar surface area (TPSA) is 119 Å². The smallest absolute Gasteiger partial charge is 0.222 e. The number of rotatable bonds is 2. The van der Waals surface area contributed by atoms with Crippen LogP contribution in [-0.4, -0.2) is 19.7 Å². The van der Waals surface area contributed by atoms with Gasteiger partial charge < -0.3 is 11.5 Å². The Morgan fingerprint density at radius 2 is 1.96 bits per heavy atom. The third kappa shape index (κ3) is 2.46. The highest BCUT2D eigenvalue weighted by molar-refractivity contribution is 5.81. The van der Waals surface area contributed by atoms with E-state index in [1.807, 2.05) is 38.2 Å². The van der Waals surface area contributed by atoms with Crippen molar-refractivity contribution in [2.24, 2.45) is 0 Å². The van der Waals surface area contributed by atoms with Crippen molar-refractivity contribution in [3.63, 3.8) is 0 Å². The Bertz CT molecular complexity index is 921. The summed E-state index contributed by atoms with van der Waals surface area (Å²) in [5.74, 6) is 0.101. The summed E-state index contributed by atoms with van der Waals surface area (Å²) in [5.41, 5.74) is 15.8. The van der Waals surface area contributed by atoms with Crippen LogP contribution in [0.2, 0.25) is 0 Å². The van der Waals surface area contributed by atoms with Gasteiger partial charge in [0.2, 0.25) is 5.95 Å². The Labute approximate surface area is 133 Å². The maximum Gasteiger partial charge on any atom is 0.222 e. The van der Waals surface area contributed by atoms with Gasteiger partial charge in [-0.05, 0) is 37.1 Å². The molecule has 2 aromatic heterocycles. The van der Waals surface area contributed by atoms with Crippen molar-refractivity contribution in [2.45, 2.75) is 13.8 Å². The molecule has 1 aromatic carbocycles. The number of hydrogen-bond acceptors (Lipinski definition) is 6. The van der Waals surface area contributed by atoms with Crippen molar-refractivity contribution >= 4 is 11.8 Å². The lowest BCUT2D eigenvalue weighted by molar-refractivity contribution is 0.878. The van der Waals surface area contributed by atoms with E-state index in [0.717, 1.165) is 22.4 Å². The molecule has 0 bridgehead atoms. The normalized spacial score (nSPS) is 10.5.